The Hall–Kier alpha value is -12.0. The summed E-state index contributed by atoms with van der Waals surface area (Å²) in [6.07, 6.45) is -3.72. The Morgan fingerprint density at radius 1 is 0.310 bits per heavy atom. The van der Waals surface area contributed by atoms with Gasteiger partial charge in [-0.1, -0.05) is 70.5 Å². The van der Waals surface area contributed by atoms with Crippen molar-refractivity contribution in [1.82, 2.24) is 0 Å². The smallest absolute Gasteiger partial charge is 0.497 e. The molecule has 0 bridgehead atoms. The molecule has 5 amide bonds. The van der Waals surface area contributed by atoms with Gasteiger partial charge >= 0.3 is 6.36 Å². The number of rotatable bonds is 29. The second-order valence-electron chi connectivity index (χ2n) is 30.7. The molecule has 10 rings (SSSR count). The first kappa shape index (κ1) is 103. The Labute approximate surface area is 741 Å². The minimum absolute atomic E-state index is 0.0572. The van der Waals surface area contributed by atoms with Crippen molar-refractivity contribution in [2.24, 2.45) is 0 Å². The predicted octanol–water partition coefficient (Wildman–Crippen LogP) is 19.8. The third-order valence-corrected chi connectivity index (χ3v) is 27.4. The van der Waals surface area contributed by atoms with E-state index in [0.29, 0.717) is 84.4 Å². The van der Waals surface area contributed by atoms with E-state index < -0.39 is 94.4 Å². The van der Waals surface area contributed by atoms with Gasteiger partial charge in [-0.15, -0.1) is 13.2 Å². The zero-order valence-corrected chi connectivity index (χ0v) is 77.1. The van der Waals surface area contributed by atoms with E-state index >= 15 is 0 Å². The van der Waals surface area contributed by atoms with Crippen LogP contribution in [-0.4, -0.2) is 111 Å². The van der Waals surface area contributed by atoms with Gasteiger partial charge in [-0.25, -0.2) is 42.1 Å². The molecule has 1 atom stereocenters. The number of anilines is 10. The quantitative estimate of drug-likeness (QED) is 0.0208. The van der Waals surface area contributed by atoms with Crippen LogP contribution in [0.25, 0.3) is 0 Å². The minimum atomic E-state index is -4.79. The number of halogens is 4. The van der Waals surface area contributed by atoms with E-state index in [1.165, 1.54) is 61.4 Å². The number of carbonyl (C=O) groups excluding carboxylic acids is 5. The summed E-state index contributed by atoms with van der Waals surface area (Å²) in [6.45, 7) is 26.6. The van der Waals surface area contributed by atoms with Gasteiger partial charge in [0.25, 0.3) is 29.5 Å². The third-order valence-electron chi connectivity index (χ3n) is 18.3. The summed E-state index contributed by atoms with van der Waals surface area (Å²) in [4.78, 5) is 61.2. The van der Waals surface area contributed by atoms with Gasteiger partial charge < -0.3 is 36.1 Å². The third kappa shape index (κ3) is 33.8. The van der Waals surface area contributed by atoms with Gasteiger partial charge in [0.1, 0.15) is 11.5 Å². The molecular formula is C90H106ClF3N10O17S5. The molecule has 0 spiro atoms. The monoisotopic (exact) mass is 1850 g/mol. The summed E-state index contributed by atoms with van der Waals surface area (Å²) in [5.74, 6) is -0.757. The molecule has 36 heteroatoms. The molecule has 0 radical (unpaired) electrons. The van der Waals surface area contributed by atoms with Gasteiger partial charge in [-0.2, -0.15) is 0 Å². The predicted molar refractivity (Wildman–Crippen MR) is 498 cm³/mol. The van der Waals surface area contributed by atoms with Crippen LogP contribution in [0.2, 0.25) is 5.02 Å². The normalized spacial score (nSPS) is 11.8. The van der Waals surface area contributed by atoms with Gasteiger partial charge in [-0.05, 0) is 317 Å². The molecule has 676 valence electrons. The van der Waals surface area contributed by atoms with Crippen molar-refractivity contribution in [3.05, 3.63) is 287 Å². The van der Waals surface area contributed by atoms with Crippen molar-refractivity contribution in [1.29, 1.82) is 0 Å². The highest BCUT2D eigenvalue weighted by Gasteiger charge is 2.31. The average molecular weight is 1850 g/mol. The first-order chi connectivity index (χ1) is 58.8. The Balaban J connectivity index is 0.000000243. The molecule has 10 aromatic rings. The summed E-state index contributed by atoms with van der Waals surface area (Å²) < 4.78 is 176. The van der Waals surface area contributed by atoms with Crippen LogP contribution < -0.4 is 59.7 Å². The van der Waals surface area contributed by atoms with Crippen LogP contribution in [0.3, 0.4) is 0 Å². The summed E-state index contributed by atoms with van der Waals surface area (Å²) >= 11 is 5.79. The highest BCUT2D eigenvalue weighted by Crippen LogP contribution is 2.29. The largest absolute Gasteiger partial charge is 0.573 e. The fourth-order valence-electron chi connectivity index (χ4n) is 10.0. The van der Waals surface area contributed by atoms with E-state index in [-0.39, 0.29) is 40.3 Å². The van der Waals surface area contributed by atoms with Gasteiger partial charge in [0, 0.05) is 89.7 Å². The number of methoxy groups -OCH3 is 1. The fourth-order valence-corrected chi connectivity index (χ4v) is 13.6. The summed E-state index contributed by atoms with van der Waals surface area (Å²) in [7, 11) is -15.5. The molecule has 0 aromatic heterocycles. The molecule has 1 unspecified atom stereocenters. The maximum atomic E-state index is 12.4. The van der Waals surface area contributed by atoms with Crippen molar-refractivity contribution in [2.45, 2.75) is 154 Å². The topological polar surface area (TPSA) is 395 Å². The molecule has 126 heavy (non-hydrogen) atoms. The molecule has 0 aliphatic heterocycles. The number of carbonyl (C=O) groups is 5. The maximum Gasteiger partial charge on any atom is 0.573 e. The van der Waals surface area contributed by atoms with E-state index in [9.17, 15) is 79.2 Å². The van der Waals surface area contributed by atoms with Crippen LogP contribution >= 0.6 is 11.6 Å². The number of ether oxygens (including phenoxy) is 2. The molecule has 0 heterocycles. The minimum Gasteiger partial charge on any atom is -0.497 e. The highest BCUT2D eigenvalue weighted by molar-refractivity contribution is 7.94. The fraction of sp³-hybridized carbons (Fsp3) is 0.278. The lowest BCUT2D eigenvalue weighted by Gasteiger charge is -2.19. The molecule has 27 nitrogen and oxygen atoms in total. The van der Waals surface area contributed by atoms with E-state index in [2.05, 4.69) is 89.5 Å². The van der Waals surface area contributed by atoms with Crippen LogP contribution in [0.4, 0.5) is 70.0 Å². The van der Waals surface area contributed by atoms with Gasteiger partial charge in [0.05, 0.1) is 33.4 Å². The number of nitrogens with one attached hydrogen (secondary N) is 10. The number of hydrogen-bond donors (Lipinski definition) is 10. The van der Waals surface area contributed by atoms with E-state index in [1.54, 1.807) is 208 Å². The zero-order chi connectivity index (χ0) is 93.9. The number of sulfonamides is 5. The maximum absolute atomic E-state index is 12.4. The number of alkyl halides is 3. The van der Waals surface area contributed by atoms with Crippen LogP contribution in [0.15, 0.2) is 243 Å². The Morgan fingerprint density at radius 2 is 0.508 bits per heavy atom. The standard InChI is InChI=1S/2C20H26N2O3S.C17H17F3N2O4S.C17H20N2O4S.C16H17ClN2O3S/c1-14(2)26(24,25)22-18-10-6-15(7-11-18)19(23)21-17-12-8-16(9-13-17)20(3,4)5;1-5-15(4)16-6-10-18(11-7-16)21-20(23)17-8-12-19(13-9-17)22-26(24,25)14(2)3;1-11(2)27(24,25)22-14-5-3-12(4-6-14)16(23)21-13-7-9-15(10-8-13)26-17(18,19)20;1-12(2)24(21,22)19-15-6-4-13(5-7-15)17(20)18-14-8-10-16(23-3)11-9-14;1-11(2)23(21,22)19-15-7-3-12(4-8-15)16(20)18-14-9-5-13(17)6-10-14/h6-14,22H,1-5H3,(H,21,23);6-15,22H,5H2,1-4H3,(H,21,23);3-11,22H,1-2H3,(H,21,23);4-12,19H,1-3H3,(H,18,20);3-11,19H,1-2H3,(H,18,20). The molecular weight excluding hydrogens is 1750 g/mol. The molecule has 0 aliphatic rings. The lowest BCUT2D eigenvalue weighted by molar-refractivity contribution is -0.274. The van der Waals surface area contributed by atoms with Crippen LogP contribution in [0, 0.1) is 0 Å². The van der Waals surface area contributed by atoms with Crippen molar-refractivity contribution in [3.8, 4) is 11.5 Å². The van der Waals surface area contributed by atoms with Crippen molar-refractivity contribution in [2.75, 3.05) is 57.3 Å². The SMILES string of the molecule is CC(C)S(=O)(=O)Nc1ccc(C(=O)Nc2ccc(C(C)(C)C)cc2)cc1.CC(C)S(=O)(=O)Nc1ccc(C(=O)Nc2ccc(Cl)cc2)cc1.CC(C)S(=O)(=O)Nc1ccc(C(=O)Nc2ccc(OC(F)(F)F)cc2)cc1.CCC(C)c1ccc(NC(=O)c2ccc(NS(=O)(=O)C(C)C)cc2)cc1.COc1ccc(NC(=O)c2ccc(NS(=O)(=O)C(C)C)cc2)cc1. The van der Waals surface area contributed by atoms with Gasteiger partial charge in [0.2, 0.25) is 50.1 Å². The Bertz CT molecular complexity index is 5890. The first-order valence-corrected chi connectivity index (χ1v) is 47.5. The molecule has 10 aromatic carbocycles. The van der Waals surface area contributed by atoms with Gasteiger partial charge in [0.15, 0.2) is 0 Å². The molecule has 0 saturated carbocycles. The molecule has 0 aliphatic carbocycles. The molecule has 0 fully saturated rings. The second-order valence-corrected chi connectivity index (χ2v) is 42.3. The second kappa shape index (κ2) is 45.7. The van der Waals surface area contributed by atoms with Crippen molar-refractivity contribution >= 4 is 148 Å². The Morgan fingerprint density at radius 3 is 0.706 bits per heavy atom. The lowest BCUT2D eigenvalue weighted by atomic mass is 9.87. The van der Waals surface area contributed by atoms with Crippen LogP contribution in [0.1, 0.15) is 179 Å². The molecule has 0 saturated heterocycles. The molecule has 10 N–H and O–H groups in total. The van der Waals surface area contributed by atoms with E-state index in [0.717, 1.165) is 24.2 Å². The summed E-state index contributed by atoms with van der Waals surface area (Å²) in [6, 6.07) is 64.9. The summed E-state index contributed by atoms with van der Waals surface area (Å²) in [5, 5.41) is 11.6. The number of amides is 5. The average Bonchev–Trinajstić information content (AvgIpc) is 0.854. The highest BCUT2D eigenvalue weighted by atomic mass is 35.5. The van der Waals surface area contributed by atoms with Crippen molar-refractivity contribution < 1.29 is 88.7 Å². The zero-order valence-electron chi connectivity index (χ0n) is 72.3. The van der Waals surface area contributed by atoms with E-state index in [4.69, 9.17) is 16.3 Å². The van der Waals surface area contributed by atoms with E-state index in [1.807, 2.05) is 48.5 Å². The van der Waals surface area contributed by atoms with Crippen LogP contribution in [-0.2, 0) is 55.5 Å². The van der Waals surface area contributed by atoms with Crippen molar-refractivity contribution in [3.63, 3.8) is 0 Å². The van der Waals surface area contributed by atoms with Gasteiger partial charge in [-0.3, -0.25) is 47.6 Å². The van der Waals surface area contributed by atoms with Crippen LogP contribution in [0.5, 0.6) is 11.5 Å². The number of benzene rings is 10. The summed E-state index contributed by atoms with van der Waals surface area (Å²) in [5.41, 5.74) is 9.53. The Kier molecular flexibility index (Phi) is 37.3. The lowest BCUT2D eigenvalue weighted by Crippen LogP contribution is -2.22. The number of hydrogen-bond acceptors (Lipinski definition) is 17. The first-order valence-electron chi connectivity index (χ1n) is 39.4.